The van der Waals surface area contributed by atoms with Crippen LogP contribution in [-0.2, 0) is 4.79 Å². The summed E-state index contributed by atoms with van der Waals surface area (Å²) in [6, 6.07) is 15.6. The van der Waals surface area contributed by atoms with Gasteiger partial charge < -0.3 is 4.74 Å². The largest absolute Gasteiger partial charge is 0.494 e. The summed E-state index contributed by atoms with van der Waals surface area (Å²) in [6.45, 7) is 6.09. The molecule has 29 heavy (non-hydrogen) atoms. The summed E-state index contributed by atoms with van der Waals surface area (Å²) in [5.41, 5.74) is 4.60. The molecule has 0 saturated heterocycles. The number of ether oxygens (including phenoxy) is 1. The van der Waals surface area contributed by atoms with Gasteiger partial charge in [-0.05, 0) is 37.6 Å². The Morgan fingerprint density at radius 2 is 2.07 bits per heavy atom. The predicted molar refractivity (Wildman–Crippen MR) is 116 cm³/mol. The number of fused-ring (bicyclic) bond motifs is 1. The quantitative estimate of drug-likeness (QED) is 0.552. The maximum atomic E-state index is 12.3. The van der Waals surface area contributed by atoms with Crippen LogP contribution in [0.4, 0.5) is 0 Å². The number of pyridine rings is 1. The van der Waals surface area contributed by atoms with Crippen molar-refractivity contribution in [3.63, 3.8) is 0 Å². The fraction of sp³-hybridized carbons (Fsp3) is 0.261. The van der Waals surface area contributed by atoms with E-state index in [9.17, 15) is 4.79 Å². The van der Waals surface area contributed by atoms with Gasteiger partial charge in [0.2, 0.25) is 5.91 Å². The van der Waals surface area contributed by atoms with Crippen LogP contribution >= 0.6 is 11.6 Å². The Balaban J connectivity index is 1.73. The first kappa shape index (κ1) is 19.4. The van der Waals surface area contributed by atoms with Crippen LogP contribution in [0.2, 0.25) is 5.15 Å². The molecule has 0 radical (unpaired) electrons. The zero-order chi connectivity index (χ0) is 20.5. The number of hydrogen-bond donors (Lipinski definition) is 0. The van der Waals surface area contributed by atoms with E-state index in [1.54, 1.807) is 0 Å². The standard InChI is InChI=1S/C23H22ClN3O2/c1-4-29-18-9-8-17-11-19(23(24)25-20(17)12-18)22-13-21(26-27(22)15(3)28)16-7-5-6-14(2)10-16/h5-12,22H,4,13H2,1-3H3/t22-/m1/s1. The number of benzene rings is 2. The summed E-state index contributed by atoms with van der Waals surface area (Å²) in [5.74, 6) is 0.633. The Morgan fingerprint density at radius 1 is 1.24 bits per heavy atom. The number of amides is 1. The maximum absolute atomic E-state index is 12.3. The number of halogens is 1. The third-order valence-corrected chi connectivity index (χ3v) is 5.33. The molecule has 0 fully saturated rings. The lowest BCUT2D eigenvalue weighted by molar-refractivity contribution is -0.130. The fourth-order valence-corrected chi connectivity index (χ4v) is 3.94. The van der Waals surface area contributed by atoms with Gasteiger partial charge in [0.15, 0.2) is 0 Å². The molecule has 0 N–H and O–H groups in total. The highest BCUT2D eigenvalue weighted by molar-refractivity contribution is 6.30. The lowest BCUT2D eigenvalue weighted by Gasteiger charge is -2.21. The highest BCUT2D eigenvalue weighted by Gasteiger charge is 2.33. The number of aryl methyl sites for hydroxylation is 1. The van der Waals surface area contributed by atoms with Gasteiger partial charge in [-0.3, -0.25) is 4.79 Å². The first-order valence-corrected chi connectivity index (χ1v) is 10.0. The van der Waals surface area contributed by atoms with Crippen LogP contribution in [0, 0.1) is 6.92 Å². The highest BCUT2D eigenvalue weighted by atomic mass is 35.5. The first-order chi connectivity index (χ1) is 14.0. The molecule has 0 unspecified atom stereocenters. The Hall–Kier alpha value is -2.92. The minimum atomic E-state index is -0.279. The summed E-state index contributed by atoms with van der Waals surface area (Å²) in [4.78, 5) is 16.9. The van der Waals surface area contributed by atoms with Crippen LogP contribution in [0.1, 0.15) is 43.0 Å². The number of nitrogens with zero attached hydrogens (tertiary/aromatic N) is 3. The normalized spacial score (nSPS) is 16.2. The SMILES string of the molecule is CCOc1ccc2cc([C@H]3CC(c4cccc(C)c4)=NN3C(C)=O)c(Cl)nc2c1. The van der Waals surface area contributed by atoms with E-state index in [-0.39, 0.29) is 11.9 Å². The van der Waals surface area contributed by atoms with Gasteiger partial charge in [0, 0.05) is 30.4 Å². The fourth-order valence-electron chi connectivity index (χ4n) is 3.67. The van der Waals surface area contributed by atoms with Gasteiger partial charge in [-0.1, -0.05) is 41.4 Å². The molecule has 0 saturated carbocycles. The van der Waals surface area contributed by atoms with Crippen molar-refractivity contribution in [2.45, 2.75) is 33.2 Å². The predicted octanol–water partition coefficient (Wildman–Crippen LogP) is 5.29. The molecular formula is C23H22ClN3O2. The van der Waals surface area contributed by atoms with Crippen molar-refractivity contribution in [2.24, 2.45) is 5.10 Å². The number of hydrogen-bond acceptors (Lipinski definition) is 4. The average molecular weight is 408 g/mol. The second-order valence-corrected chi connectivity index (χ2v) is 7.51. The summed E-state index contributed by atoms with van der Waals surface area (Å²) in [6.07, 6.45) is 0.590. The van der Waals surface area contributed by atoms with E-state index in [2.05, 4.69) is 16.2 Å². The Labute approximate surface area is 175 Å². The number of hydrazone groups is 1. The van der Waals surface area contributed by atoms with Crippen molar-refractivity contribution in [3.8, 4) is 5.75 Å². The van der Waals surface area contributed by atoms with Gasteiger partial charge in [0.25, 0.3) is 0 Å². The van der Waals surface area contributed by atoms with E-state index in [0.29, 0.717) is 18.2 Å². The van der Waals surface area contributed by atoms with E-state index >= 15 is 0 Å². The second kappa shape index (κ2) is 7.84. The minimum absolute atomic E-state index is 0.125. The summed E-state index contributed by atoms with van der Waals surface area (Å²) in [7, 11) is 0. The molecule has 1 amide bonds. The van der Waals surface area contributed by atoms with Gasteiger partial charge in [-0.15, -0.1) is 0 Å². The molecule has 1 aliphatic heterocycles. The molecule has 4 rings (SSSR count). The van der Waals surface area contributed by atoms with Crippen molar-refractivity contribution < 1.29 is 9.53 Å². The van der Waals surface area contributed by atoms with Crippen LogP contribution in [0.25, 0.3) is 10.9 Å². The van der Waals surface area contributed by atoms with Crippen LogP contribution in [0.5, 0.6) is 5.75 Å². The molecule has 1 aromatic heterocycles. The minimum Gasteiger partial charge on any atom is -0.494 e. The van der Waals surface area contributed by atoms with Crippen molar-refractivity contribution in [1.82, 2.24) is 9.99 Å². The topological polar surface area (TPSA) is 54.8 Å². The van der Waals surface area contributed by atoms with Gasteiger partial charge in [0.05, 0.1) is 23.9 Å². The Bertz CT molecular complexity index is 1130. The monoisotopic (exact) mass is 407 g/mol. The van der Waals surface area contributed by atoms with E-state index in [1.165, 1.54) is 11.9 Å². The third-order valence-electron chi connectivity index (χ3n) is 5.02. The zero-order valence-corrected chi connectivity index (χ0v) is 17.4. The smallest absolute Gasteiger partial charge is 0.240 e. The van der Waals surface area contributed by atoms with Gasteiger partial charge in [-0.2, -0.15) is 5.10 Å². The zero-order valence-electron chi connectivity index (χ0n) is 16.6. The lowest BCUT2D eigenvalue weighted by Crippen LogP contribution is -2.24. The van der Waals surface area contributed by atoms with Crippen molar-refractivity contribution in [2.75, 3.05) is 6.61 Å². The Kier molecular flexibility index (Phi) is 5.24. The van der Waals surface area contributed by atoms with Crippen LogP contribution in [-0.4, -0.2) is 28.2 Å². The van der Waals surface area contributed by atoms with Gasteiger partial charge >= 0.3 is 0 Å². The summed E-state index contributed by atoms with van der Waals surface area (Å²) in [5, 5.41) is 7.45. The highest BCUT2D eigenvalue weighted by Crippen LogP contribution is 2.37. The first-order valence-electron chi connectivity index (χ1n) is 9.63. The molecule has 1 atom stereocenters. The molecule has 148 valence electrons. The van der Waals surface area contributed by atoms with E-state index in [1.807, 2.05) is 56.3 Å². The van der Waals surface area contributed by atoms with Crippen molar-refractivity contribution in [1.29, 1.82) is 0 Å². The van der Waals surface area contributed by atoms with Crippen LogP contribution < -0.4 is 4.74 Å². The van der Waals surface area contributed by atoms with Gasteiger partial charge in [-0.25, -0.2) is 9.99 Å². The molecule has 2 heterocycles. The molecule has 5 nitrogen and oxygen atoms in total. The lowest BCUT2D eigenvalue weighted by atomic mass is 9.97. The molecule has 3 aromatic rings. The maximum Gasteiger partial charge on any atom is 0.240 e. The Morgan fingerprint density at radius 3 is 2.79 bits per heavy atom. The van der Waals surface area contributed by atoms with Crippen molar-refractivity contribution in [3.05, 3.63) is 70.4 Å². The summed E-state index contributed by atoms with van der Waals surface area (Å²) < 4.78 is 5.55. The molecule has 2 aromatic carbocycles. The van der Waals surface area contributed by atoms with Crippen LogP contribution in [0.3, 0.4) is 0 Å². The molecule has 0 spiro atoms. The van der Waals surface area contributed by atoms with E-state index in [0.717, 1.165) is 39.1 Å². The number of carbonyl (C=O) groups excluding carboxylic acids is 1. The van der Waals surface area contributed by atoms with Crippen LogP contribution in [0.15, 0.2) is 53.6 Å². The number of carbonyl (C=O) groups is 1. The molecule has 0 bridgehead atoms. The second-order valence-electron chi connectivity index (χ2n) is 7.16. The molecular weight excluding hydrogens is 386 g/mol. The van der Waals surface area contributed by atoms with Gasteiger partial charge in [0.1, 0.15) is 10.9 Å². The van der Waals surface area contributed by atoms with Crippen molar-refractivity contribution >= 4 is 34.1 Å². The summed E-state index contributed by atoms with van der Waals surface area (Å²) >= 11 is 6.56. The average Bonchev–Trinajstić information content (AvgIpc) is 3.13. The van der Waals surface area contributed by atoms with E-state index < -0.39 is 0 Å². The van der Waals surface area contributed by atoms with E-state index in [4.69, 9.17) is 16.3 Å². The third kappa shape index (κ3) is 3.83. The molecule has 1 aliphatic rings. The molecule has 6 heteroatoms. The molecule has 0 aliphatic carbocycles. The number of rotatable bonds is 4. The number of aromatic nitrogens is 1.